The van der Waals surface area contributed by atoms with Crippen molar-refractivity contribution in [1.29, 1.82) is 0 Å². The van der Waals surface area contributed by atoms with Crippen LogP contribution >= 0.6 is 0 Å². The second-order valence-electron chi connectivity index (χ2n) is 5.34. The molecule has 1 heterocycles. The van der Waals surface area contributed by atoms with E-state index in [1.54, 1.807) is 6.08 Å². The Morgan fingerprint density at radius 1 is 1.14 bits per heavy atom. The Morgan fingerprint density at radius 2 is 1.81 bits per heavy atom. The molecule has 21 heavy (non-hydrogen) atoms. The zero-order valence-corrected chi connectivity index (χ0v) is 11.9. The minimum Gasteiger partial charge on any atom is -0.478 e. The van der Waals surface area contributed by atoms with Crippen molar-refractivity contribution in [2.45, 2.75) is 20.0 Å². The van der Waals surface area contributed by atoms with Gasteiger partial charge in [0.15, 0.2) is 0 Å². The van der Waals surface area contributed by atoms with Crippen LogP contribution in [0.5, 0.6) is 0 Å². The van der Waals surface area contributed by atoms with E-state index in [0.29, 0.717) is 0 Å². The molecule has 0 saturated carbocycles. The van der Waals surface area contributed by atoms with Gasteiger partial charge < -0.3 is 10.0 Å². The van der Waals surface area contributed by atoms with Crippen LogP contribution in [0, 0.1) is 6.92 Å². The maximum atomic E-state index is 10.6. The fourth-order valence-corrected chi connectivity index (χ4v) is 2.81. The molecular formula is C18H17NO2. The van der Waals surface area contributed by atoms with Crippen LogP contribution in [0.2, 0.25) is 0 Å². The molecule has 0 radical (unpaired) electrons. The Balaban J connectivity index is 1.83. The van der Waals surface area contributed by atoms with Crippen LogP contribution in [0.3, 0.4) is 0 Å². The topological polar surface area (TPSA) is 40.5 Å². The van der Waals surface area contributed by atoms with Gasteiger partial charge in [0.25, 0.3) is 0 Å². The quantitative estimate of drug-likeness (QED) is 0.872. The summed E-state index contributed by atoms with van der Waals surface area (Å²) in [6, 6.07) is 14.6. The van der Waals surface area contributed by atoms with E-state index in [9.17, 15) is 4.79 Å². The van der Waals surface area contributed by atoms with E-state index in [1.807, 2.05) is 12.1 Å². The number of carbonyl (C=O) groups is 1. The third-order valence-corrected chi connectivity index (χ3v) is 3.82. The number of hydrogen-bond acceptors (Lipinski definition) is 2. The first-order valence-corrected chi connectivity index (χ1v) is 6.97. The summed E-state index contributed by atoms with van der Waals surface area (Å²) >= 11 is 0. The molecule has 0 amide bonds. The smallest absolute Gasteiger partial charge is 0.328 e. The van der Waals surface area contributed by atoms with Gasteiger partial charge in [-0.25, -0.2) is 4.79 Å². The number of carboxylic acid groups (broad SMARTS) is 1. The third kappa shape index (κ3) is 2.82. The van der Waals surface area contributed by atoms with Crippen molar-refractivity contribution in [3.8, 4) is 0 Å². The van der Waals surface area contributed by atoms with Gasteiger partial charge >= 0.3 is 5.97 Å². The Bertz CT molecular complexity index is 694. The molecule has 3 nitrogen and oxygen atoms in total. The molecule has 2 aromatic carbocycles. The van der Waals surface area contributed by atoms with Crippen LogP contribution in [0.1, 0.15) is 22.3 Å². The van der Waals surface area contributed by atoms with Gasteiger partial charge in [-0.1, -0.05) is 30.3 Å². The summed E-state index contributed by atoms with van der Waals surface area (Å²) in [4.78, 5) is 12.9. The molecule has 0 saturated heterocycles. The first kappa shape index (κ1) is 13.4. The summed E-state index contributed by atoms with van der Waals surface area (Å²) in [6.07, 6.45) is 2.79. The SMILES string of the molecule is Cc1cc(C=CC(=O)O)ccc1N1Cc2ccccc2C1. The van der Waals surface area contributed by atoms with E-state index in [2.05, 4.69) is 42.2 Å². The summed E-state index contributed by atoms with van der Waals surface area (Å²) in [5.74, 6) is -0.924. The highest BCUT2D eigenvalue weighted by Crippen LogP contribution is 2.30. The lowest BCUT2D eigenvalue weighted by Crippen LogP contribution is -2.15. The summed E-state index contributed by atoms with van der Waals surface area (Å²) in [6.45, 7) is 3.93. The van der Waals surface area contributed by atoms with Gasteiger partial charge in [0.1, 0.15) is 0 Å². The molecule has 0 bridgehead atoms. The number of anilines is 1. The van der Waals surface area contributed by atoms with Crippen LogP contribution in [-0.2, 0) is 17.9 Å². The van der Waals surface area contributed by atoms with Crippen LogP contribution < -0.4 is 4.90 Å². The molecule has 106 valence electrons. The number of rotatable bonds is 3. The number of benzene rings is 2. The molecule has 0 unspecified atom stereocenters. The molecule has 3 rings (SSSR count). The van der Waals surface area contributed by atoms with E-state index >= 15 is 0 Å². The summed E-state index contributed by atoms with van der Waals surface area (Å²) in [5.41, 5.74) is 6.04. The van der Waals surface area contributed by atoms with Crippen molar-refractivity contribution in [2.24, 2.45) is 0 Å². The van der Waals surface area contributed by atoms with Crippen molar-refractivity contribution in [1.82, 2.24) is 0 Å². The van der Waals surface area contributed by atoms with Crippen molar-refractivity contribution in [3.05, 3.63) is 70.8 Å². The van der Waals surface area contributed by atoms with Gasteiger partial charge in [-0.3, -0.25) is 0 Å². The van der Waals surface area contributed by atoms with Gasteiger partial charge in [-0.2, -0.15) is 0 Å². The highest BCUT2D eigenvalue weighted by molar-refractivity contribution is 5.85. The van der Waals surface area contributed by atoms with Crippen molar-refractivity contribution in [3.63, 3.8) is 0 Å². The van der Waals surface area contributed by atoms with E-state index in [4.69, 9.17) is 5.11 Å². The van der Waals surface area contributed by atoms with Gasteiger partial charge in [0.2, 0.25) is 0 Å². The highest BCUT2D eigenvalue weighted by Gasteiger charge is 2.19. The van der Waals surface area contributed by atoms with Gasteiger partial charge in [-0.05, 0) is 47.4 Å². The monoisotopic (exact) mass is 279 g/mol. The first-order chi connectivity index (χ1) is 10.1. The largest absolute Gasteiger partial charge is 0.478 e. The molecule has 0 fully saturated rings. The molecule has 1 aliphatic rings. The van der Waals surface area contributed by atoms with Crippen LogP contribution in [0.15, 0.2) is 48.5 Å². The normalized spacial score (nSPS) is 13.7. The molecule has 1 aliphatic heterocycles. The molecule has 0 atom stereocenters. The zero-order chi connectivity index (χ0) is 14.8. The van der Waals surface area contributed by atoms with Crippen LogP contribution in [0.25, 0.3) is 6.08 Å². The predicted molar refractivity (Wildman–Crippen MR) is 84.2 cm³/mol. The Hall–Kier alpha value is -2.55. The molecule has 0 aliphatic carbocycles. The lowest BCUT2D eigenvalue weighted by Gasteiger charge is -2.20. The second kappa shape index (κ2) is 5.44. The molecule has 3 heteroatoms. The van der Waals surface area contributed by atoms with Gasteiger partial charge in [0.05, 0.1) is 0 Å². The number of hydrogen-bond donors (Lipinski definition) is 1. The fourth-order valence-electron chi connectivity index (χ4n) is 2.81. The average molecular weight is 279 g/mol. The lowest BCUT2D eigenvalue weighted by molar-refractivity contribution is -0.131. The number of aliphatic carboxylic acids is 1. The van der Waals surface area contributed by atoms with E-state index < -0.39 is 5.97 Å². The Labute approximate surface area is 124 Å². The predicted octanol–water partition coefficient (Wildman–Crippen LogP) is 3.61. The zero-order valence-electron chi connectivity index (χ0n) is 11.9. The second-order valence-corrected chi connectivity index (χ2v) is 5.34. The van der Waals surface area contributed by atoms with Gasteiger partial charge in [0, 0.05) is 24.9 Å². The Kier molecular flexibility index (Phi) is 3.48. The summed E-state index contributed by atoms with van der Waals surface area (Å²) in [7, 11) is 0. The lowest BCUT2D eigenvalue weighted by atomic mass is 10.1. The van der Waals surface area contributed by atoms with Crippen molar-refractivity contribution < 1.29 is 9.90 Å². The standard InChI is InChI=1S/C18H17NO2/c1-13-10-14(7-9-18(20)21)6-8-17(13)19-11-15-4-2-3-5-16(15)12-19/h2-10H,11-12H2,1H3,(H,20,21). The van der Waals surface area contributed by atoms with Gasteiger partial charge in [-0.15, -0.1) is 0 Å². The van der Waals surface area contributed by atoms with E-state index in [0.717, 1.165) is 24.2 Å². The van der Waals surface area contributed by atoms with E-state index in [1.165, 1.54) is 22.9 Å². The number of carboxylic acids is 1. The third-order valence-electron chi connectivity index (χ3n) is 3.82. The van der Waals surface area contributed by atoms with Crippen LogP contribution in [-0.4, -0.2) is 11.1 Å². The Morgan fingerprint density at radius 3 is 2.38 bits per heavy atom. The van der Waals surface area contributed by atoms with Crippen molar-refractivity contribution in [2.75, 3.05) is 4.90 Å². The van der Waals surface area contributed by atoms with Crippen LogP contribution in [0.4, 0.5) is 5.69 Å². The minimum absolute atomic E-state index is 0.912. The number of aryl methyl sites for hydroxylation is 1. The molecule has 1 N–H and O–H groups in total. The fraction of sp³-hybridized carbons (Fsp3) is 0.167. The minimum atomic E-state index is -0.924. The maximum absolute atomic E-state index is 10.6. The number of nitrogens with zero attached hydrogens (tertiary/aromatic N) is 1. The molecule has 0 spiro atoms. The maximum Gasteiger partial charge on any atom is 0.328 e. The molecule has 0 aromatic heterocycles. The molecular weight excluding hydrogens is 262 g/mol. The average Bonchev–Trinajstić information content (AvgIpc) is 2.88. The summed E-state index contributed by atoms with van der Waals surface area (Å²) in [5, 5.41) is 8.68. The first-order valence-electron chi connectivity index (χ1n) is 6.97. The van der Waals surface area contributed by atoms with Crippen molar-refractivity contribution >= 4 is 17.7 Å². The highest BCUT2D eigenvalue weighted by atomic mass is 16.4. The number of fused-ring (bicyclic) bond motifs is 1. The summed E-state index contributed by atoms with van der Waals surface area (Å²) < 4.78 is 0. The molecule has 2 aromatic rings. The van der Waals surface area contributed by atoms with E-state index in [-0.39, 0.29) is 0 Å².